The molecule has 2 heterocycles. The number of nitrogens with one attached hydrogen (secondary N) is 1. The number of pyridine rings is 1. The van der Waals surface area contributed by atoms with Crippen molar-refractivity contribution in [3.63, 3.8) is 0 Å². The van der Waals surface area contributed by atoms with E-state index in [9.17, 15) is 4.79 Å². The third-order valence-electron chi connectivity index (χ3n) is 1.97. The summed E-state index contributed by atoms with van der Waals surface area (Å²) >= 11 is 0. The fourth-order valence-electron chi connectivity index (χ4n) is 1.23. The Balaban J connectivity index is 3.03. The highest BCUT2D eigenvalue weighted by molar-refractivity contribution is 5.74. The molecule has 0 saturated heterocycles. The Bertz CT molecular complexity index is 480. The van der Waals surface area contributed by atoms with Gasteiger partial charge in [-0.2, -0.15) is 5.10 Å². The average molecular weight is 163 g/mol. The monoisotopic (exact) mass is 163 g/mol. The lowest BCUT2D eigenvalue weighted by Crippen LogP contribution is -2.05. The van der Waals surface area contributed by atoms with Crippen LogP contribution in [-0.4, -0.2) is 14.8 Å². The van der Waals surface area contributed by atoms with E-state index in [4.69, 9.17) is 0 Å². The van der Waals surface area contributed by atoms with E-state index < -0.39 is 0 Å². The predicted octanol–water partition coefficient (Wildman–Crippen LogP) is 0.570. The number of aromatic amines is 1. The van der Waals surface area contributed by atoms with Crippen LogP contribution in [-0.2, 0) is 7.05 Å². The maximum Gasteiger partial charge on any atom is 0.195 e. The summed E-state index contributed by atoms with van der Waals surface area (Å²) < 4.78 is 1.65. The minimum atomic E-state index is 0.0526. The first-order chi connectivity index (χ1) is 5.70. The first-order valence-electron chi connectivity index (χ1n) is 3.70. The van der Waals surface area contributed by atoms with Gasteiger partial charge in [-0.05, 0) is 6.92 Å². The van der Waals surface area contributed by atoms with Gasteiger partial charge in [0.2, 0.25) is 0 Å². The summed E-state index contributed by atoms with van der Waals surface area (Å²) in [5.41, 5.74) is 1.54. The molecule has 4 nitrogen and oxygen atoms in total. The Hall–Kier alpha value is -1.58. The number of hydrogen-bond donors (Lipinski definition) is 1. The molecule has 0 unspecified atom stereocenters. The maximum absolute atomic E-state index is 11.5. The van der Waals surface area contributed by atoms with Gasteiger partial charge in [0.05, 0.1) is 11.6 Å². The predicted molar refractivity (Wildman–Crippen MR) is 46.1 cm³/mol. The largest absolute Gasteiger partial charge is 0.346 e. The molecular formula is C8H9N3O. The van der Waals surface area contributed by atoms with Crippen LogP contribution in [0.25, 0.3) is 11.0 Å². The Morgan fingerprint density at radius 1 is 1.58 bits per heavy atom. The highest BCUT2D eigenvalue weighted by Gasteiger charge is 2.04. The standard InChI is InChI=1S/C8H9N3O/c1-5-3-9-8-6(7(5)12)4-10-11(8)2/h3-4H,1-2H3,(H,9,12). The van der Waals surface area contributed by atoms with E-state index in [0.717, 1.165) is 11.2 Å². The summed E-state index contributed by atoms with van der Waals surface area (Å²) in [5.74, 6) is 0. The second kappa shape index (κ2) is 2.20. The summed E-state index contributed by atoms with van der Waals surface area (Å²) in [4.78, 5) is 14.5. The van der Waals surface area contributed by atoms with Crippen molar-refractivity contribution in [2.45, 2.75) is 6.92 Å². The van der Waals surface area contributed by atoms with Crippen LogP contribution in [0.5, 0.6) is 0 Å². The molecule has 0 amide bonds. The number of nitrogens with zero attached hydrogens (tertiary/aromatic N) is 2. The maximum atomic E-state index is 11.5. The fraction of sp³-hybridized carbons (Fsp3) is 0.250. The minimum Gasteiger partial charge on any atom is -0.346 e. The van der Waals surface area contributed by atoms with Gasteiger partial charge in [-0.15, -0.1) is 0 Å². The first-order valence-corrected chi connectivity index (χ1v) is 3.70. The third kappa shape index (κ3) is 0.777. The van der Waals surface area contributed by atoms with Gasteiger partial charge in [0.15, 0.2) is 5.43 Å². The van der Waals surface area contributed by atoms with E-state index in [1.54, 1.807) is 31.0 Å². The molecular weight excluding hydrogens is 154 g/mol. The number of fused-ring (bicyclic) bond motifs is 1. The number of aryl methyl sites for hydroxylation is 2. The lowest BCUT2D eigenvalue weighted by atomic mass is 10.2. The van der Waals surface area contributed by atoms with Crippen LogP contribution in [0, 0.1) is 6.92 Å². The molecule has 0 spiro atoms. The smallest absolute Gasteiger partial charge is 0.195 e. The molecule has 1 N–H and O–H groups in total. The lowest BCUT2D eigenvalue weighted by molar-refractivity contribution is 0.786. The van der Waals surface area contributed by atoms with Crippen molar-refractivity contribution in [2.24, 2.45) is 7.05 Å². The molecule has 2 rings (SSSR count). The van der Waals surface area contributed by atoms with E-state index in [2.05, 4.69) is 10.1 Å². The molecule has 0 saturated carbocycles. The zero-order chi connectivity index (χ0) is 8.72. The van der Waals surface area contributed by atoms with Gasteiger partial charge in [-0.3, -0.25) is 9.48 Å². The quantitative estimate of drug-likeness (QED) is 0.617. The molecule has 2 aromatic heterocycles. The van der Waals surface area contributed by atoms with E-state index in [1.165, 1.54) is 0 Å². The number of aromatic nitrogens is 3. The van der Waals surface area contributed by atoms with E-state index in [0.29, 0.717) is 5.39 Å². The van der Waals surface area contributed by atoms with Crippen LogP contribution < -0.4 is 5.43 Å². The Morgan fingerprint density at radius 3 is 3.08 bits per heavy atom. The van der Waals surface area contributed by atoms with Crippen LogP contribution in [0.15, 0.2) is 17.2 Å². The number of H-pyrrole nitrogens is 1. The Kier molecular flexibility index (Phi) is 1.30. The van der Waals surface area contributed by atoms with E-state index in [1.807, 2.05) is 0 Å². The zero-order valence-electron chi connectivity index (χ0n) is 6.96. The average Bonchev–Trinajstić information content (AvgIpc) is 2.41. The molecule has 0 aliphatic rings. The molecule has 0 radical (unpaired) electrons. The summed E-state index contributed by atoms with van der Waals surface area (Å²) in [7, 11) is 1.80. The van der Waals surface area contributed by atoms with Crippen molar-refractivity contribution in [2.75, 3.05) is 0 Å². The van der Waals surface area contributed by atoms with E-state index >= 15 is 0 Å². The highest BCUT2D eigenvalue weighted by Crippen LogP contribution is 2.04. The number of rotatable bonds is 0. The van der Waals surface area contributed by atoms with Crippen LogP contribution >= 0.6 is 0 Å². The molecule has 62 valence electrons. The van der Waals surface area contributed by atoms with Gasteiger partial charge >= 0.3 is 0 Å². The van der Waals surface area contributed by atoms with Gasteiger partial charge in [-0.1, -0.05) is 0 Å². The molecule has 0 aromatic carbocycles. The zero-order valence-corrected chi connectivity index (χ0v) is 6.96. The van der Waals surface area contributed by atoms with Crippen molar-refractivity contribution in [3.8, 4) is 0 Å². The van der Waals surface area contributed by atoms with E-state index in [-0.39, 0.29) is 5.43 Å². The molecule has 12 heavy (non-hydrogen) atoms. The third-order valence-corrected chi connectivity index (χ3v) is 1.97. The molecule has 2 aromatic rings. The normalized spacial score (nSPS) is 10.8. The summed E-state index contributed by atoms with van der Waals surface area (Å²) in [6, 6.07) is 0. The minimum absolute atomic E-state index is 0.0526. The Labute approximate surface area is 68.8 Å². The summed E-state index contributed by atoms with van der Waals surface area (Å²) in [6.45, 7) is 1.78. The molecule has 0 aliphatic heterocycles. The Morgan fingerprint density at radius 2 is 2.33 bits per heavy atom. The van der Waals surface area contributed by atoms with Crippen molar-refractivity contribution in [1.29, 1.82) is 0 Å². The highest BCUT2D eigenvalue weighted by atomic mass is 16.1. The molecule has 0 atom stereocenters. The molecule has 4 heteroatoms. The molecule has 0 bridgehead atoms. The lowest BCUT2D eigenvalue weighted by Gasteiger charge is -1.94. The molecule has 0 fully saturated rings. The number of hydrogen-bond acceptors (Lipinski definition) is 2. The van der Waals surface area contributed by atoms with Crippen molar-refractivity contribution in [3.05, 3.63) is 28.2 Å². The van der Waals surface area contributed by atoms with Crippen molar-refractivity contribution < 1.29 is 0 Å². The molecule has 0 aliphatic carbocycles. The van der Waals surface area contributed by atoms with Gasteiger partial charge in [0.1, 0.15) is 5.65 Å². The second-order valence-corrected chi connectivity index (χ2v) is 2.83. The van der Waals surface area contributed by atoms with Gasteiger partial charge in [0, 0.05) is 18.8 Å². The summed E-state index contributed by atoms with van der Waals surface area (Å²) in [6.07, 6.45) is 3.29. The fourth-order valence-corrected chi connectivity index (χ4v) is 1.23. The first kappa shape index (κ1) is 7.09. The second-order valence-electron chi connectivity index (χ2n) is 2.83. The van der Waals surface area contributed by atoms with Crippen molar-refractivity contribution >= 4 is 11.0 Å². The summed E-state index contributed by atoms with van der Waals surface area (Å²) in [5, 5.41) is 4.63. The van der Waals surface area contributed by atoms with Crippen LogP contribution in [0.4, 0.5) is 0 Å². The van der Waals surface area contributed by atoms with Crippen LogP contribution in [0.3, 0.4) is 0 Å². The van der Waals surface area contributed by atoms with Crippen LogP contribution in [0.2, 0.25) is 0 Å². The van der Waals surface area contributed by atoms with Gasteiger partial charge < -0.3 is 4.98 Å². The van der Waals surface area contributed by atoms with Crippen LogP contribution in [0.1, 0.15) is 5.56 Å². The SMILES string of the molecule is Cc1c[nH]c2c(cnn2C)c1=O. The topological polar surface area (TPSA) is 50.7 Å². The van der Waals surface area contributed by atoms with Crippen molar-refractivity contribution in [1.82, 2.24) is 14.8 Å². The van der Waals surface area contributed by atoms with Gasteiger partial charge in [-0.25, -0.2) is 0 Å². The van der Waals surface area contributed by atoms with Gasteiger partial charge in [0.25, 0.3) is 0 Å².